The fraction of sp³-hybridized carbons (Fsp3) is 0.579. The topological polar surface area (TPSA) is 91.1 Å². The zero-order valence-corrected chi connectivity index (χ0v) is 15.7. The molecule has 1 amide bonds. The van der Waals surface area contributed by atoms with Crippen molar-refractivity contribution in [1.82, 2.24) is 4.90 Å². The smallest absolute Gasteiger partial charge is 0.410 e. The van der Waals surface area contributed by atoms with Crippen molar-refractivity contribution in [2.75, 3.05) is 20.2 Å². The fourth-order valence-electron chi connectivity index (χ4n) is 3.54. The molecule has 142 valence electrons. The highest BCUT2D eigenvalue weighted by Crippen LogP contribution is 2.43. The summed E-state index contributed by atoms with van der Waals surface area (Å²) in [6, 6.07) is 4.94. The third-order valence-corrected chi connectivity index (χ3v) is 4.72. The number of ether oxygens (including phenoxy) is 3. The summed E-state index contributed by atoms with van der Waals surface area (Å²) in [5.74, 6) is 0.157. The van der Waals surface area contributed by atoms with Gasteiger partial charge in [-0.1, -0.05) is 6.07 Å². The van der Waals surface area contributed by atoms with Crippen molar-refractivity contribution in [3.8, 4) is 5.75 Å². The van der Waals surface area contributed by atoms with Crippen LogP contribution < -0.4 is 10.5 Å². The predicted octanol–water partition coefficient (Wildman–Crippen LogP) is 2.64. The molecule has 0 saturated carbocycles. The molecule has 2 atom stereocenters. The van der Waals surface area contributed by atoms with Gasteiger partial charge >= 0.3 is 12.1 Å². The highest BCUT2D eigenvalue weighted by molar-refractivity contribution is 5.90. The molecule has 2 aliphatic rings. The molecule has 0 bridgehead atoms. The molecule has 2 unspecified atom stereocenters. The lowest BCUT2D eigenvalue weighted by molar-refractivity contribution is 0.0144. The van der Waals surface area contributed by atoms with Crippen LogP contribution in [0.4, 0.5) is 4.79 Å². The minimum absolute atomic E-state index is 0.218. The molecule has 2 N–H and O–H groups in total. The molecule has 2 heterocycles. The van der Waals surface area contributed by atoms with E-state index in [1.54, 1.807) is 23.1 Å². The van der Waals surface area contributed by atoms with E-state index in [1.807, 2.05) is 20.8 Å². The average molecular weight is 362 g/mol. The molecule has 3 rings (SSSR count). The molecule has 7 heteroatoms. The second-order valence-electron chi connectivity index (χ2n) is 7.99. The normalized spacial score (nSPS) is 24.8. The third kappa shape index (κ3) is 3.62. The van der Waals surface area contributed by atoms with Gasteiger partial charge in [0.15, 0.2) is 0 Å². The van der Waals surface area contributed by atoms with E-state index in [4.69, 9.17) is 19.9 Å². The van der Waals surface area contributed by atoms with Crippen molar-refractivity contribution < 1.29 is 23.8 Å². The van der Waals surface area contributed by atoms with Crippen LogP contribution in [0, 0.1) is 0 Å². The minimum atomic E-state index is -0.557. The number of hydrogen-bond donors (Lipinski definition) is 1. The first-order chi connectivity index (χ1) is 12.1. The van der Waals surface area contributed by atoms with Gasteiger partial charge in [-0.2, -0.15) is 0 Å². The monoisotopic (exact) mass is 362 g/mol. The molecule has 1 aromatic rings. The summed E-state index contributed by atoms with van der Waals surface area (Å²) in [5, 5.41) is 0. The Kier molecular flexibility index (Phi) is 4.60. The van der Waals surface area contributed by atoms with Crippen molar-refractivity contribution in [2.45, 2.75) is 50.9 Å². The summed E-state index contributed by atoms with van der Waals surface area (Å²) in [5.41, 5.74) is 6.53. The number of carbonyl (C=O) groups excluding carboxylic acids is 2. The first-order valence-corrected chi connectivity index (χ1v) is 8.77. The van der Waals surface area contributed by atoms with Crippen LogP contribution in [-0.4, -0.2) is 48.4 Å². The molecule has 7 nitrogen and oxygen atoms in total. The SMILES string of the molecule is COC(=O)c1ccc2c(c1)OC1(CCN(C(=O)OC(C)(C)C)C1)CC2N. The predicted molar refractivity (Wildman–Crippen MR) is 95.1 cm³/mol. The Morgan fingerprint density at radius 3 is 2.73 bits per heavy atom. The summed E-state index contributed by atoms with van der Waals surface area (Å²) < 4.78 is 16.5. The maximum Gasteiger partial charge on any atom is 0.410 e. The molecule has 1 aromatic carbocycles. The van der Waals surface area contributed by atoms with Crippen molar-refractivity contribution >= 4 is 12.1 Å². The van der Waals surface area contributed by atoms with Gasteiger partial charge in [0, 0.05) is 31.0 Å². The van der Waals surface area contributed by atoms with E-state index in [9.17, 15) is 9.59 Å². The number of carbonyl (C=O) groups is 2. The Morgan fingerprint density at radius 1 is 1.35 bits per heavy atom. The number of hydrogen-bond acceptors (Lipinski definition) is 6. The number of methoxy groups -OCH3 is 1. The number of nitrogens with two attached hydrogens (primary N) is 1. The first-order valence-electron chi connectivity index (χ1n) is 8.77. The minimum Gasteiger partial charge on any atom is -0.485 e. The lowest BCUT2D eigenvalue weighted by Crippen LogP contribution is -2.46. The molecule has 1 spiro atoms. The van der Waals surface area contributed by atoms with Crippen molar-refractivity contribution in [3.63, 3.8) is 0 Å². The van der Waals surface area contributed by atoms with Crippen molar-refractivity contribution in [3.05, 3.63) is 29.3 Å². The lowest BCUT2D eigenvalue weighted by Gasteiger charge is -2.38. The Morgan fingerprint density at radius 2 is 2.08 bits per heavy atom. The van der Waals surface area contributed by atoms with Gasteiger partial charge in [-0.25, -0.2) is 9.59 Å². The second kappa shape index (κ2) is 6.46. The number of likely N-dealkylation sites (tertiary alicyclic amines) is 1. The molecular weight excluding hydrogens is 336 g/mol. The van der Waals surface area contributed by atoms with Gasteiger partial charge in [-0.05, 0) is 32.9 Å². The zero-order chi connectivity index (χ0) is 19.1. The Balaban J connectivity index is 1.79. The molecule has 1 saturated heterocycles. The Bertz CT molecular complexity index is 727. The number of rotatable bonds is 1. The fourth-order valence-corrected chi connectivity index (χ4v) is 3.54. The van der Waals surface area contributed by atoms with Crippen LogP contribution >= 0.6 is 0 Å². The number of nitrogens with zero attached hydrogens (tertiary/aromatic N) is 1. The quantitative estimate of drug-likeness (QED) is 0.772. The third-order valence-electron chi connectivity index (χ3n) is 4.72. The Hall–Kier alpha value is -2.28. The van der Waals surface area contributed by atoms with Gasteiger partial charge in [0.2, 0.25) is 0 Å². The van der Waals surface area contributed by atoms with E-state index >= 15 is 0 Å². The van der Waals surface area contributed by atoms with Gasteiger partial charge < -0.3 is 24.8 Å². The molecule has 0 radical (unpaired) electrons. The van der Waals surface area contributed by atoms with Crippen LogP contribution in [0.3, 0.4) is 0 Å². The molecular formula is C19H26N2O5. The summed E-state index contributed by atoms with van der Waals surface area (Å²) in [6.07, 6.45) is 0.930. The van der Waals surface area contributed by atoms with Crippen molar-refractivity contribution in [1.29, 1.82) is 0 Å². The molecule has 0 aliphatic carbocycles. The van der Waals surface area contributed by atoms with Crippen LogP contribution in [-0.2, 0) is 9.47 Å². The molecule has 0 aromatic heterocycles. The van der Waals surface area contributed by atoms with E-state index in [2.05, 4.69) is 0 Å². The van der Waals surface area contributed by atoms with E-state index < -0.39 is 17.2 Å². The number of benzene rings is 1. The maximum absolute atomic E-state index is 12.4. The summed E-state index contributed by atoms with van der Waals surface area (Å²) in [6.45, 7) is 6.49. The standard InChI is InChI=1S/C19H26N2O5/c1-18(2,3)26-17(23)21-8-7-19(11-21)10-14(20)13-6-5-12(16(22)24-4)9-15(13)25-19/h5-6,9,14H,7-8,10-11,20H2,1-4H3. The van der Waals surface area contributed by atoms with Crippen LogP contribution in [0.1, 0.15) is 55.6 Å². The summed E-state index contributed by atoms with van der Waals surface area (Å²) in [7, 11) is 1.34. The molecule has 1 fully saturated rings. The van der Waals surface area contributed by atoms with Gasteiger partial charge in [0.25, 0.3) is 0 Å². The lowest BCUT2D eigenvalue weighted by atomic mass is 9.86. The van der Waals surface area contributed by atoms with Gasteiger partial charge in [-0.3, -0.25) is 0 Å². The molecule has 26 heavy (non-hydrogen) atoms. The van der Waals surface area contributed by atoms with Gasteiger partial charge in [-0.15, -0.1) is 0 Å². The summed E-state index contributed by atoms with van der Waals surface area (Å²) >= 11 is 0. The first kappa shape index (κ1) is 18.5. The van der Waals surface area contributed by atoms with Crippen LogP contribution in [0.25, 0.3) is 0 Å². The van der Waals surface area contributed by atoms with Gasteiger partial charge in [0.05, 0.1) is 19.2 Å². The van der Waals surface area contributed by atoms with E-state index in [1.165, 1.54) is 7.11 Å². The highest BCUT2D eigenvalue weighted by Gasteiger charge is 2.47. The number of amides is 1. The Labute approximate surface area is 153 Å². The second-order valence-corrected chi connectivity index (χ2v) is 7.99. The van der Waals surface area contributed by atoms with E-state index in [0.717, 1.165) is 5.56 Å². The van der Waals surface area contributed by atoms with Gasteiger partial charge in [0.1, 0.15) is 17.0 Å². The largest absolute Gasteiger partial charge is 0.485 e. The average Bonchev–Trinajstić information content (AvgIpc) is 2.95. The number of esters is 1. The number of fused-ring (bicyclic) bond motifs is 1. The van der Waals surface area contributed by atoms with Crippen LogP contribution in [0.15, 0.2) is 18.2 Å². The van der Waals surface area contributed by atoms with Crippen molar-refractivity contribution in [2.24, 2.45) is 5.73 Å². The summed E-state index contributed by atoms with van der Waals surface area (Å²) in [4.78, 5) is 25.8. The van der Waals surface area contributed by atoms with E-state index in [-0.39, 0.29) is 12.1 Å². The maximum atomic E-state index is 12.4. The van der Waals surface area contributed by atoms with Crippen LogP contribution in [0.2, 0.25) is 0 Å². The zero-order valence-electron chi connectivity index (χ0n) is 15.7. The van der Waals surface area contributed by atoms with E-state index in [0.29, 0.717) is 37.2 Å². The highest BCUT2D eigenvalue weighted by atomic mass is 16.6. The molecule has 2 aliphatic heterocycles. The van der Waals surface area contributed by atoms with Crippen LogP contribution in [0.5, 0.6) is 5.75 Å².